The van der Waals surface area contributed by atoms with Crippen molar-refractivity contribution in [2.75, 3.05) is 19.6 Å². The van der Waals surface area contributed by atoms with Crippen LogP contribution in [-0.2, 0) is 6.54 Å². The van der Waals surface area contributed by atoms with Gasteiger partial charge in [0.15, 0.2) is 0 Å². The Bertz CT molecular complexity index is 441. The van der Waals surface area contributed by atoms with Crippen molar-refractivity contribution < 1.29 is 13.6 Å². The summed E-state index contributed by atoms with van der Waals surface area (Å²) in [5.74, 6) is -0.160. The Labute approximate surface area is 117 Å². The van der Waals surface area contributed by atoms with Crippen LogP contribution in [-0.4, -0.2) is 47.5 Å². The van der Waals surface area contributed by atoms with Crippen molar-refractivity contribution in [3.05, 3.63) is 24.0 Å². The van der Waals surface area contributed by atoms with Crippen molar-refractivity contribution in [3.63, 3.8) is 0 Å². The normalized spacial score (nSPS) is 19.3. The van der Waals surface area contributed by atoms with Crippen LogP contribution in [0.2, 0.25) is 0 Å². The average molecular weight is 285 g/mol. The summed E-state index contributed by atoms with van der Waals surface area (Å²) >= 11 is 0. The van der Waals surface area contributed by atoms with Crippen molar-refractivity contribution in [2.45, 2.75) is 38.8 Å². The molecule has 20 heavy (non-hydrogen) atoms. The van der Waals surface area contributed by atoms with Crippen molar-refractivity contribution in [2.24, 2.45) is 0 Å². The Morgan fingerprint density at radius 2 is 2.40 bits per heavy atom. The summed E-state index contributed by atoms with van der Waals surface area (Å²) in [7, 11) is 0. The maximum absolute atomic E-state index is 12.6. The van der Waals surface area contributed by atoms with E-state index < -0.39 is 13.0 Å². The molecule has 0 radical (unpaired) electrons. The molecule has 1 aromatic rings. The minimum atomic E-state index is -2.46. The van der Waals surface area contributed by atoms with Gasteiger partial charge in [0.2, 0.25) is 0 Å². The first-order valence-corrected chi connectivity index (χ1v) is 7.08. The Balaban J connectivity index is 2.13. The second kappa shape index (κ2) is 6.83. The summed E-state index contributed by atoms with van der Waals surface area (Å²) in [4.78, 5) is 14.4. The number of hydrogen-bond acceptors (Lipinski definition) is 2. The minimum Gasteiger partial charge on any atom is -0.338 e. The van der Waals surface area contributed by atoms with Gasteiger partial charge in [0, 0.05) is 25.3 Å². The van der Waals surface area contributed by atoms with Crippen LogP contribution in [0, 0.1) is 0 Å². The van der Waals surface area contributed by atoms with E-state index in [2.05, 4.69) is 5.32 Å². The standard InChI is InChI=1S/C14H21F2N3O/c1-2-19(11-5-3-7-17-9-11)14(20)12-6-4-8-18(12)10-13(15)16/h4,6,8,11,13,17H,2-3,5,7,9-10H2,1H3. The van der Waals surface area contributed by atoms with E-state index >= 15 is 0 Å². The lowest BCUT2D eigenvalue weighted by Crippen LogP contribution is -2.49. The molecule has 0 spiro atoms. The van der Waals surface area contributed by atoms with Gasteiger partial charge >= 0.3 is 0 Å². The lowest BCUT2D eigenvalue weighted by molar-refractivity contribution is 0.0642. The molecule has 1 N–H and O–H groups in total. The van der Waals surface area contributed by atoms with Gasteiger partial charge in [-0.2, -0.15) is 0 Å². The Kier molecular flexibility index (Phi) is 5.11. The molecular formula is C14H21F2N3O. The monoisotopic (exact) mass is 285 g/mol. The molecule has 1 atom stereocenters. The molecule has 4 nitrogen and oxygen atoms in total. The van der Waals surface area contributed by atoms with Crippen molar-refractivity contribution >= 4 is 5.91 Å². The van der Waals surface area contributed by atoms with E-state index in [-0.39, 0.29) is 11.9 Å². The first-order valence-electron chi connectivity index (χ1n) is 7.08. The molecule has 1 aromatic heterocycles. The van der Waals surface area contributed by atoms with Crippen LogP contribution < -0.4 is 5.32 Å². The Morgan fingerprint density at radius 1 is 1.60 bits per heavy atom. The molecule has 1 fully saturated rings. The van der Waals surface area contributed by atoms with E-state index in [0.29, 0.717) is 12.2 Å². The zero-order valence-corrected chi connectivity index (χ0v) is 11.7. The highest BCUT2D eigenvalue weighted by Crippen LogP contribution is 2.15. The molecule has 1 unspecified atom stereocenters. The number of carbonyl (C=O) groups excluding carboxylic acids is 1. The molecule has 0 bridgehead atoms. The molecule has 0 aromatic carbocycles. The fourth-order valence-corrected chi connectivity index (χ4v) is 2.73. The van der Waals surface area contributed by atoms with E-state index in [4.69, 9.17) is 0 Å². The zero-order valence-electron chi connectivity index (χ0n) is 11.7. The summed E-state index contributed by atoms with van der Waals surface area (Å²) in [5, 5.41) is 3.28. The zero-order chi connectivity index (χ0) is 14.5. The predicted octanol–water partition coefficient (Wildman–Crippen LogP) is 1.97. The molecule has 1 saturated heterocycles. The molecule has 0 saturated carbocycles. The van der Waals surface area contributed by atoms with E-state index in [1.54, 1.807) is 17.0 Å². The number of nitrogens with zero attached hydrogens (tertiary/aromatic N) is 2. The number of rotatable bonds is 5. The van der Waals surface area contributed by atoms with Crippen LogP contribution >= 0.6 is 0 Å². The molecule has 1 aliphatic rings. The highest BCUT2D eigenvalue weighted by molar-refractivity contribution is 5.93. The molecule has 2 rings (SSSR count). The number of nitrogens with one attached hydrogen (secondary N) is 1. The van der Waals surface area contributed by atoms with Crippen molar-refractivity contribution in [1.29, 1.82) is 0 Å². The SMILES string of the molecule is CCN(C(=O)c1cccn1CC(F)F)C1CCCNC1. The molecule has 1 aliphatic heterocycles. The Morgan fingerprint density at radius 3 is 3.00 bits per heavy atom. The number of halogens is 2. The van der Waals surface area contributed by atoms with Crippen LogP contribution in [0.3, 0.4) is 0 Å². The topological polar surface area (TPSA) is 37.3 Å². The Hall–Kier alpha value is -1.43. The number of carbonyl (C=O) groups is 1. The maximum Gasteiger partial charge on any atom is 0.270 e. The molecule has 1 amide bonds. The van der Waals surface area contributed by atoms with Gasteiger partial charge in [0.25, 0.3) is 12.3 Å². The average Bonchev–Trinajstić information content (AvgIpc) is 2.88. The number of amides is 1. The molecule has 112 valence electrons. The predicted molar refractivity (Wildman–Crippen MR) is 73.0 cm³/mol. The third-order valence-electron chi connectivity index (χ3n) is 3.70. The number of hydrogen-bond donors (Lipinski definition) is 1. The van der Waals surface area contributed by atoms with Gasteiger partial charge in [0.05, 0.1) is 6.54 Å². The van der Waals surface area contributed by atoms with Crippen LogP contribution in [0.25, 0.3) is 0 Å². The molecule has 2 heterocycles. The summed E-state index contributed by atoms with van der Waals surface area (Å²) in [6.45, 7) is 3.83. The van der Waals surface area contributed by atoms with E-state index in [1.807, 2.05) is 6.92 Å². The van der Waals surface area contributed by atoms with Crippen molar-refractivity contribution in [3.8, 4) is 0 Å². The van der Waals surface area contributed by atoms with Gasteiger partial charge in [-0.05, 0) is 38.4 Å². The van der Waals surface area contributed by atoms with Crippen LogP contribution in [0.15, 0.2) is 18.3 Å². The summed E-state index contributed by atoms with van der Waals surface area (Å²) in [5.41, 5.74) is 0.345. The fourth-order valence-electron chi connectivity index (χ4n) is 2.73. The third-order valence-corrected chi connectivity index (χ3v) is 3.70. The summed E-state index contributed by atoms with van der Waals surface area (Å²) in [6, 6.07) is 3.41. The van der Waals surface area contributed by atoms with Crippen molar-refractivity contribution in [1.82, 2.24) is 14.8 Å². The summed E-state index contributed by atoms with van der Waals surface area (Å²) in [6.07, 6.45) is 1.07. The number of piperidine rings is 1. The third kappa shape index (κ3) is 3.36. The lowest BCUT2D eigenvalue weighted by atomic mass is 10.1. The smallest absolute Gasteiger partial charge is 0.270 e. The van der Waals surface area contributed by atoms with Gasteiger partial charge in [-0.1, -0.05) is 0 Å². The lowest BCUT2D eigenvalue weighted by Gasteiger charge is -2.34. The maximum atomic E-state index is 12.6. The number of alkyl halides is 2. The second-order valence-corrected chi connectivity index (χ2v) is 5.03. The van der Waals surface area contributed by atoms with Gasteiger partial charge in [-0.15, -0.1) is 0 Å². The van der Waals surface area contributed by atoms with Gasteiger partial charge < -0.3 is 14.8 Å². The fraction of sp³-hybridized carbons (Fsp3) is 0.643. The first-order chi connectivity index (χ1) is 9.63. The highest BCUT2D eigenvalue weighted by atomic mass is 19.3. The molecular weight excluding hydrogens is 264 g/mol. The summed E-state index contributed by atoms with van der Waals surface area (Å²) < 4.78 is 26.4. The van der Waals surface area contributed by atoms with Gasteiger partial charge in [0.1, 0.15) is 5.69 Å². The van der Waals surface area contributed by atoms with Gasteiger partial charge in [-0.25, -0.2) is 8.78 Å². The largest absolute Gasteiger partial charge is 0.338 e. The minimum absolute atomic E-state index is 0.149. The highest BCUT2D eigenvalue weighted by Gasteiger charge is 2.26. The van der Waals surface area contributed by atoms with E-state index in [0.717, 1.165) is 25.9 Å². The van der Waals surface area contributed by atoms with E-state index in [9.17, 15) is 13.6 Å². The number of likely N-dealkylation sites (N-methyl/N-ethyl adjacent to an activating group) is 1. The van der Waals surface area contributed by atoms with Crippen LogP contribution in [0.5, 0.6) is 0 Å². The van der Waals surface area contributed by atoms with Gasteiger partial charge in [-0.3, -0.25) is 4.79 Å². The van der Waals surface area contributed by atoms with Crippen LogP contribution in [0.4, 0.5) is 8.78 Å². The second-order valence-electron chi connectivity index (χ2n) is 5.03. The van der Waals surface area contributed by atoms with Crippen LogP contribution in [0.1, 0.15) is 30.3 Å². The first kappa shape index (κ1) is 15.0. The molecule has 6 heteroatoms. The quantitative estimate of drug-likeness (QED) is 0.898. The number of aromatic nitrogens is 1. The van der Waals surface area contributed by atoms with E-state index in [1.165, 1.54) is 10.8 Å². The molecule has 0 aliphatic carbocycles.